The minimum atomic E-state index is -3.48. The Labute approximate surface area is 191 Å². The maximum absolute atomic E-state index is 12.6. The standard InChI is InChI=1S/C24H33N3O4S/c1-3-27(4-2)32(29,30)21-13-10-20(11-14-21)12-15-24(28)25-19-22(23-9-8-18-31-23)26-16-6-5-7-17-26/h8-15,18,22H,3-7,16-17,19H2,1-2H3,(H,25,28)/b15-12+. The number of hydrogen-bond acceptors (Lipinski definition) is 5. The van der Waals surface area contributed by atoms with E-state index >= 15 is 0 Å². The van der Waals surface area contributed by atoms with Crippen LogP contribution in [0.15, 0.2) is 58.1 Å². The van der Waals surface area contributed by atoms with Gasteiger partial charge in [-0.1, -0.05) is 32.4 Å². The third-order valence-electron chi connectivity index (χ3n) is 5.82. The van der Waals surface area contributed by atoms with Gasteiger partial charge in [0.05, 0.1) is 17.2 Å². The first-order valence-electron chi connectivity index (χ1n) is 11.3. The number of piperidine rings is 1. The van der Waals surface area contributed by atoms with E-state index in [4.69, 9.17) is 4.42 Å². The van der Waals surface area contributed by atoms with Crippen molar-refractivity contribution >= 4 is 22.0 Å². The predicted molar refractivity (Wildman–Crippen MR) is 125 cm³/mol. The summed E-state index contributed by atoms with van der Waals surface area (Å²) >= 11 is 0. The first-order valence-corrected chi connectivity index (χ1v) is 12.7. The molecule has 1 saturated heterocycles. The highest BCUT2D eigenvalue weighted by Gasteiger charge is 2.24. The fourth-order valence-electron chi connectivity index (χ4n) is 4.01. The Morgan fingerprint density at radius 1 is 1.12 bits per heavy atom. The second kappa shape index (κ2) is 11.4. The molecule has 0 radical (unpaired) electrons. The van der Waals surface area contributed by atoms with E-state index in [2.05, 4.69) is 10.2 Å². The highest BCUT2D eigenvalue weighted by atomic mass is 32.2. The van der Waals surface area contributed by atoms with Crippen LogP contribution in [-0.2, 0) is 14.8 Å². The summed E-state index contributed by atoms with van der Waals surface area (Å²) in [6.45, 7) is 6.96. The summed E-state index contributed by atoms with van der Waals surface area (Å²) in [4.78, 5) is 15.0. The summed E-state index contributed by atoms with van der Waals surface area (Å²) in [6, 6.07) is 10.4. The fourth-order valence-corrected chi connectivity index (χ4v) is 5.47. The monoisotopic (exact) mass is 459 g/mol. The number of likely N-dealkylation sites (tertiary alicyclic amines) is 1. The molecule has 1 aromatic heterocycles. The highest BCUT2D eigenvalue weighted by molar-refractivity contribution is 7.89. The molecular formula is C24H33N3O4S. The van der Waals surface area contributed by atoms with Crippen LogP contribution < -0.4 is 5.32 Å². The number of hydrogen-bond donors (Lipinski definition) is 1. The Balaban J connectivity index is 1.60. The molecule has 8 heteroatoms. The number of furan rings is 1. The maximum Gasteiger partial charge on any atom is 0.244 e. The smallest absolute Gasteiger partial charge is 0.244 e. The fraction of sp³-hybridized carbons (Fsp3) is 0.458. The highest BCUT2D eigenvalue weighted by Crippen LogP contribution is 2.24. The number of nitrogens with one attached hydrogen (secondary N) is 1. The van der Waals surface area contributed by atoms with E-state index < -0.39 is 10.0 Å². The van der Waals surface area contributed by atoms with Gasteiger partial charge in [0.2, 0.25) is 15.9 Å². The van der Waals surface area contributed by atoms with Crippen LogP contribution in [0, 0.1) is 0 Å². The third kappa shape index (κ3) is 6.09. The summed E-state index contributed by atoms with van der Waals surface area (Å²) in [6.07, 6.45) is 8.38. The van der Waals surface area contributed by atoms with Gasteiger partial charge >= 0.3 is 0 Å². The summed E-state index contributed by atoms with van der Waals surface area (Å²) in [5.74, 6) is 0.666. The molecule has 0 saturated carbocycles. The molecule has 0 spiro atoms. The Morgan fingerprint density at radius 2 is 1.81 bits per heavy atom. The molecule has 0 bridgehead atoms. The van der Waals surface area contributed by atoms with Gasteiger partial charge in [0.15, 0.2) is 0 Å². The van der Waals surface area contributed by atoms with Crippen molar-refractivity contribution in [3.05, 3.63) is 60.1 Å². The van der Waals surface area contributed by atoms with E-state index in [9.17, 15) is 13.2 Å². The summed E-state index contributed by atoms with van der Waals surface area (Å²) in [5.41, 5.74) is 0.761. The van der Waals surface area contributed by atoms with Gasteiger partial charge in [0, 0.05) is 25.7 Å². The lowest BCUT2D eigenvalue weighted by molar-refractivity contribution is -0.116. The van der Waals surface area contributed by atoms with Gasteiger partial charge < -0.3 is 9.73 Å². The minimum absolute atomic E-state index is 0.0206. The molecule has 32 heavy (non-hydrogen) atoms. The van der Waals surface area contributed by atoms with E-state index in [1.165, 1.54) is 16.8 Å². The van der Waals surface area contributed by atoms with E-state index in [1.54, 1.807) is 36.6 Å². The van der Waals surface area contributed by atoms with Crippen LogP contribution in [0.25, 0.3) is 6.08 Å². The zero-order valence-electron chi connectivity index (χ0n) is 18.9. The average Bonchev–Trinajstić information content (AvgIpc) is 3.34. The lowest BCUT2D eigenvalue weighted by Crippen LogP contribution is -2.40. The first-order chi connectivity index (χ1) is 15.5. The number of sulfonamides is 1. The van der Waals surface area contributed by atoms with Crippen LogP contribution in [0.3, 0.4) is 0 Å². The van der Waals surface area contributed by atoms with Gasteiger partial charge in [-0.2, -0.15) is 4.31 Å². The SMILES string of the molecule is CCN(CC)S(=O)(=O)c1ccc(/C=C/C(=O)NCC(c2ccco2)N2CCCCC2)cc1. The molecule has 2 heterocycles. The van der Waals surface area contributed by atoms with Crippen LogP contribution in [-0.4, -0.2) is 56.3 Å². The zero-order valence-corrected chi connectivity index (χ0v) is 19.7. The van der Waals surface area contributed by atoms with Gasteiger partial charge in [-0.15, -0.1) is 0 Å². The Kier molecular flexibility index (Phi) is 8.67. The third-order valence-corrected chi connectivity index (χ3v) is 7.89. The normalized spacial score (nSPS) is 16.5. The van der Waals surface area contributed by atoms with E-state index in [0.29, 0.717) is 19.6 Å². The number of carbonyl (C=O) groups is 1. The predicted octanol–water partition coefficient (Wildman–Crippen LogP) is 3.67. The van der Waals surface area contributed by atoms with Crippen LogP contribution in [0.1, 0.15) is 50.5 Å². The summed E-state index contributed by atoms with van der Waals surface area (Å²) in [7, 11) is -3.48. The van der Waals surface area contributed by atoms with Crippen LogP contribution >= 0.6 is 0 Å². The topological polar surface area (TPSA) is 82.9 Å². The molecule has 1 aliphatic heterocycles. The van der Waals surface area contributed by atoms with Crippen molar-refractivity contribution in [3.8, 4) is 0 Å². The van der Waals surface area contributed by atoms with Gasteiger partial charge in [-0.3, -0.25) is 9.69 Å². The zero-order chi connectivity index (χ0) is 23.0. The van der Waals surface area contributed by atoms with E-state index in [1.807, 2.05) is 26.0 Å². The Hall–Kier alpha value is -2.42. The molecule has 1 amide bonds. The molecule has 1 aromatic carbocycles. The summed E-state index contributed by atoms with van der Waals surface area (Å²) < 4.78 is 32.2. The van der Waals surface area contributed by atoms with Crippen molar-refractivity contribution in [2.24, 2.45) is 0 Å². The van der Waals surface area contributed by atoms with Crippen LogP contribution in [0.4, 0.5) is 0 Å². The molecular weight excluding hydrogens is 426 g/mol. The van der Waals surface area contributed by atoms with E-state index in [-0.39, 0.29) is 16.8 Å². The maximum atomic E-state index is 12.6. The number of nitrogens with zero attached hydrogens (tertiary/aromatic N) is 2. The summed E-state index contributed by atoms with van der Waals surface area (Å²) in [5, 5.41) is 2.97. The number of amides is 1. The second-order valence-electron chi connectivity index (χ2n) is 7.86. The number of carbonyl (C=O) groups excluding carboxylic acids is 1. The average molecular weight is 460 g/mol. The van der Waals surface area contributed by atoms with Crippen molar-refractivity contribution < 1.29 is 17.6 Å². The van der Waals surface area contributed by atoms with Crippen molar-refractivity contribution in [2.75, 3.05) is 32.7 Å². The lowest BCUT2D eigenvalue weighted by Gasteiger charge is -2.33. The van der Waals surface area contributed by atoms with Crippen LogP contribution in [0.5, 0.6) is 0 Å². The molecule has 3 rings (SSSR count). The quantitative estimate of drug-likeness (QED) is 0.548. The second-order valence-corrected chi connectivity index (χ2v) is 9.80. The van der Waals surface area contributed by atoms with Gasteiger partial charge in [-0.05, 0) is 61.8 Å². The first kappa shape index (κ1) is 24.2. The molecule has 174 valence electrons. The van der Waals surface area contributed by atoms with Crippen LogP contribution in [0.2, 0.25) is 0 Å². The van der Waals surface area contributed by atoms with Crippen molar-refractivity contribution in [3.63, 3.8) is 0 Å². The minimum Gasteiger partial charge on any atom is -0.468 e. The van der Waals surface area contributed by atoms with Gasteiger partial charge in [0.25, 0.3) is 0 Å². The van der Waals surface area contributed by atoms with E-state index in [0.717, 1.165) is 37.3 Å². The molecule has 1 atom stereocenters. The van der Waals surface area contributed by atoms with Crippen molar-refractivity contribution in [2.45, 2.75) is 44.0 Å². The molecule has 1 aliphatic rings. The van der Waals surface area contributed by atoms with Gasteiger partial charge in [-0.25, -0.2) is 8.42 Å². The largest absolute Gasteiger partial charge is 0.468 e. The van der Waals surface area contributed by atoms with Crippen molar-refractivity contribution in [1.82, 2.24) is 14.5 Å². The number of benzene rings is 1. The Morgan fingerprint density at radius 3 is 2.41 bits per heavy atom. The molecule has 1 fully saturated rings. The lowest BCUT2D eigenvalue weighted by atomic mass is 10.1. The van der Waals surface area contributed by atoms with Gasteiger partial charge in [0.1, 0.15) is 5.76 Å². The number of rotatable bonds is 10. The van der Waals surface area contributed by atoms with Crippen molar-refractivity contribution in [1.29, 1.82) is 0 Å². The molecule has 2 aromatic rings. The molecule has 1 N–H and O–H groups in total. The Bertz CT molecular complexity index is 975. The molecule has 7 nitrogen and oxygen atoms in total. The molecule has 0 aliphatic carbocycles. The molecule has 1 unspecified atom stereocenters.